The summed E-state index contributed by atoms with van der Waals surface area (Å²) in [6, 6.07) is 10.3. The van der Waals surface area contributed by atoms with Gasteiger partial charge in [0.05, 0.1) is 14.7 Å². The summed E-state index contributed by atoms with van der Waals surface area (Å²) in [6.07, 6.45) is 2.08. The first kappa shape index (κ1) is 15.7. The zero-order valence-corrected chi connectivity index (χ0v) is 16.6. The van der Waals surface area contributed by atoms with Crippen molar-refractivity contribution in [2.24, 2.45) is 0 Å². The Labute approximate surface area is 152 Å². The normalized spacial score (nSPS) is 18.2. The lowest BCUT2D eigenvalue weighted by atomic mass is 10.0. The molecule has 1 aromatic heterocycles. The number of carbonyl (C=O) groups excluding carboxylic acids is 1. The second kappa shape index (κ2) is 6.52. The van der Waals surface area contributed by atoms with E-state index in [0.29, 0.717) is 0 Å². The second-order valence-corrected chi connectivity index (χ2v) is 9.08. The number of rotatable bonds is 2. The van der Waals surface area contributed by atoms with Crippen molar-refractivity contribution in [2.45, 2.75) is 18.9 Å². The summed E-state index contributed by atoms with van der Waals surface area (Å²) in [7, 11) is 0. The van der Waals surface area contributed by atoms with Gasteiger partial charge >= 0.3 is 0 Å². The molecule has 0 bridgehead atoms. The molecule has 1 aliphatic rings. The third-order valence-electron chi connectivity index (χ3n) is 3.60. The summed E-state index contributed by atoms with van der Waals surface area (Å²) >= 11 is 11.9. The van der Waals surface area contributed by atoms with E-state index in [1.165, 1.54) is 16.9 Å². The summed E-state index contributed by atoms with van der Waals surface area (Å²) < 4.78 is 2.96. The van der Waals surface area contributed by atoms with Gasteiger partial charge in [0.1, 0.15) is 0 Å². The fourth-order valence-electron chi connectivity index (χ4n) is 2.66. The van der Waals surface area contributed by atoms with Crippen LogP contribution in [0.1, 0.15) is 34.1 Å². The van der Waals surface area contributed by atoms with E-state index in [9.17, 15) is 4.79 Å². The number of benzene rings is 1. The standard InChI is InChI=1S/C15H12Br3NOS/c16-10-4-1-3-9(7-10)12-5-2-6-19(12)15(20)13-8-11(17)14(18)21-13/h1,3-4,7-8,12H,2,5-6H2. The van der Waals surface area contributed by atoms with Crippen molar-refractivity contribution < 1.29 is 4.79 Å². The van der Waals surface area contributed by atoms with Crippen molar-refractivity contribution in [1.82, 2.24) is 4.90 Å². The van der Waals surface area contributed by atoms with Gasteiger partial charge in [-0.05, 0) is 68.5 Å². The Balaban J connectivity index is 1.88. The fraction of sp³-hybridized carbons (Fsp3) is 0.267. The Morgan fingerprint density at radius 3 is 2.71 bits per heavy atom. The van der Waals surface area contributed by atoms with Gasteiger partial charge in [0, 0.05) is 15.5 Å². The van der Waals surface area contributed by atoms with Gasteiger partial charge in [-0.1, -0.05) is 28.1 Å². The molecule has 1 aliphatic heterocycles. The minimum Gasteiger partial charge on any atom is -0.331 e. The number of amides is 1. The summed E-state index contributed by atoms with van der Waals surface area (Å²) in [5.74, 6) is 0.119. The predicted octanol–water partition coefficient (Wildman–Crippen LogP) is 6.01. The van der Waals surface area contributed by atoms with Crippen LogP contribution in [-0.4, -0.2) is 17.4 Å². The summed E-state index contributed by atoms with van der Waals surface area (Å²) in [6.45, 7) is 0.823. The van der Waals surface area contributed by atoms with Gasteiger partial charge in [0.2, 0.25) is 0 Å². The smallest absolute Gasteiger partial charge is 0.264 e. The molecule has 6 heteroatoms. The highest BCUT2D eigenvalue weighted by molar-refractivity contribution is 9.13. The van der Waals surface area contributed by atoms with Crippen LogP contribution in [0, 0.1) is 0 Å². The zero-order chi connectivity index (χ0) is 15.0. The van der Waals surface area contributed by atoms with Crippen LogP contribution in [0.5, 0.6) is 0 Å². The largest absolute Gasteiger partial charge is 0.331 e. The molecule has 2 aromatic rings. The quantitative estimate of drug-likeness (QED) is 0.501. The van der Waals surface area contributed by atoms with Crippen LogP contribution in [0.15, 0.2) is 43.1 Å². The molecule has 0 saturated carbocycles. The average Bonchev–Trinajstić information content (AvgIpc) is 3.06. The monoisotopic (exact) mass is 491 g/mol. The highest BCUT2D eigenvalue weighted by Crippen LogP contribution is 2.37. The maximum Gasteiger partial charge on any atom is 0.264 e. The molecule has 21 heavy (non-hydrogen) atoms. The highest BCUT2D eigenvalue weighted by atomic mass is 79.9. The van der Waals surface area contributed by atoms with Crippen LogP contribution in [-0.2, 0) is 0 Å². The van der Waals surface area contributed by atoms with Crippen molar-refractivity contribution in [3.8, 4) is 0 Å². The molecule has 0 spiro atoms. The van der Waals surface area contributed by atoms with E-state index in [0.717, 1.165) is 37.0 Å². The molecule has 1 fully saturated rings. The van der Waals surface area contributed by atoms with Crippen LogP contribution in [0.3, 0.4) is 0 Å². The van der Waals surface area contributed by atoms with Gasteiger partial charge in [0.15, 0.2) is 0 Å². The third-order valence-corrected chi connectivity index (χ3v) is 7.34. The van der Waals surface area contributed by atoms with Gasteiger partial charge < -0.3 is 4.90 Å². The zero-order valence-electron chi connectivity index (χ0n) is 11.0. The number of nitrogens with zero attached hydrogens (tertiary/aromatic N) is 1. The van der Waals surface area contributed by atoms with E-state index >= 15 is 0 Å². The van der Waals surface area contributed by atoms with Crippen LogP contribution in [0.2, 0.25) is 0 Å². The molecule has 2 nitrogen and oxygen atoms in total. The molecule has 0 N–H and O–H groups in total. The molecule has 1 aromatic carbocycles. The summed E-state index contributed by atoms with van der Waals surface area (Å²) in [5, 5.41) is 0. The third kappa shape index (κ3) is 3.28. The van der Waals surface area contributed by atoms with E-state index in [4.69, 9.17) is 0 Å². The van der Waals surface area contributed by atoms with Crippen LogP contribution < -0.4 is 0 Å². The van der Waals surface area contributed by atoms with Gasteiger partial charge in [-0.15, -0.1) is 11.3 Å². The van der Waals surface area contributed by atoms with E-state index in [-0.39, 0.29) is 11.9 Å². The first-order valence-electron chi connectivity index (χ1n) is 6.57. The number of halogens is 3. The Hall–Kier alpha value is -0.170. The van der Waals surface area contributed by atoms with Crippen LogP contribution in [0.25, 0.3) is 0 Å². The molecule has 0 aliphatic carbocycles. The summed E-state index contributed by atoms with van der Waals surface area (Å²) in [4.78, 5) is 15.5. The SMILES string of the molecule is O=C(c1cc(Br)c(Br)s1)N1CCCC1c1cccc(Br)c1. The molecule has 3 rings (SSSR count). The Kier molecular flexibility index (Phi) is 4.88. The molecule has 1 saturated heterocycles. The van der Waals surface area contributed by atoms with E-state index in [1.807, 2.05) is 23.1 Å². The first-order valence-corrected chi connectivity index (χ1v) is 9.77. The van der Waals surface area contributed by atoms with Gasteiger partial charge in [-0.3, -0.25) is 4.79 Å². The fourth-order valence-corrected chi connectivity index (χ4v) is 5.07. The highest BCUT2D eigenvalue weighted by Gasteiger charge is 2.31. The Morgan fingerprint density at radius 2 is 2.05 bits per heavy atom. The second-order valence-electron chi connectivity index (χ2n) is 4.94. The molecule has 1 unspecified atom stereocenters. The lowest BCUT2D eigenvalue weighted by Crippen LogP contribution is -2.29. The minimum atomic E-state index is 0.119. The average molecular weight is 494 g/mol. The van der Waals surface area contributed by atoms with Gasteiger partial charge in [0.25, 0.3) is 5.91 Å². The number of thiophene rings is 1. The molecular weight excluding hydrogens is 482 g/mol. The number of carbonyl (C=O) groups is 1. The maximum absolute atomic E-state index is 12.8. The number of likely N-dealkylation sites (tertiary alicyclic amines) is 1. The molecular formula is C15H12Br3NOS. The van der Waals surface area contributed by atoms with Gasteiger partial charge in [-0.2, -0.15) is 0 Å². The molecule has 110 valence electrons. The van der Waals surface area contributed by atoms with Gasteiger partial charge in [-0.25, -0.2) is 0 Å². The first-order chi connectivity index (χ1) is 10.1. The number of hydrogen-bond acceptors (Lipinski definition) is 2. The van der Waals surface area contributed by atoms with E-state index in [1.54, 1.807) is 0 Å². The number of hydrogen-bond donors (Lipinski definition) is 0. The van der Waals surface area contributed by atoms with E-state index in [2.05, 4.69) is 59.9 Å². The lowest BCUT2D eigenvalue weighted by Gasteiger charge is -2.24. The maximum atomic E-state index is 12.8. The van der Waals surface area contributed by atoms with Crippen LogP contribution >= 0.6 is 59.1 Å². The molecule has 2 heterocycles. The molecule has 1 atom stereocenters. The van der Waals surface area contributed by atoms with Crippen molar-refractivity contribution in [1.29, 1.82) is 0 Å². The molecule has 1 amide bonds. The van der Waals surface area contributed by atoms with Crippen molar-refractivity contribution in [2.75, 3.05) is 6.54 Å². The Bertz CT molecular complexity index is 666. The Morgan fingerprint density at radius 1 is 1.24 bits per heavy atom. The van der Waals surface area contributed by atoms with Crippen molar-refractivity contribution >= 4 is 65.0 Å². The van der Waals surface area contributed by atoms with Crippen molar-refractivity contribution in [3.63, 3.8) is 0 Å². The predicted molar refractivity (Wildman–Crippen MR) is 96.9 cm³/mol. The van der Waals surface area contributed by atoms with Crippen molar-refractivity contribution in [3.05, 3.63) is 53.5 Å². The topological polar surface area (TPSA) is 20.3 Å². The minimum absolute atomic E-state index is 0.119. The lowest BCUT2D eigenvalue weighted by molar-refractivity contribution is 0.0740. The molecule has 0 radical (unpaired) electrons. The summed E-state index contributed by atoms with van der Waals surface area (Å²) in [5.41, 5.74) is 1.20. The van der Waals surface area contributed by atoms with Crippen LogP contribution in [0.4, 0.5) is 0 Å². The van der Waals surface area contributed by atoms with E-state index < -0.39 is 0 Å².